The van der Waals surface area contributed by atoms with Gasteiger partial charge in [0.05, 0.1) is 11.9 Å². The maximum absolute atomic E-state index is 12.3. The number of pyridine rings is 1. The van der Waals surface area contributed by atoms with Gasteiger partial charge >= 0.3 is 6.18 Å². The summed E-state index contributed by atoms with van der Waals surface area (Å²) in [6.45, 7) is 0.475. The Morgan fingerprint density at radius 2 is 2.11 bits per heavy atom. The molecule has 2 rings (SSSR count). The molecule has 2 aromatic heterocycles. The Balaban J connectivity index is 2.00. The maximum Gasteiger partial charge on any atom is 0.433 e. The molecule has 0 fully saturated rings. The fourth-order valence-electron chi connectivity index (χ4n) is 1.33. The fraction of sp³-hybridized carbons (Fsp3) is 0.182. The molecule has 0 radical (unpaired) electrons. The third-order valence-corrected chi connectivity index (χ3v) is 4.69. The number of nitrogens with one attached hydrogen (secondary N) is 1. The summed E-state index contributed by atoms with van der Waals surface area (Å²) < 4.78 is 38.4. The van der Waals surface area contributed by atoms with Gasteiger partial charge in [-0.15, -0.1) is 11.3 Å². The Morgan fingerprint density at radius 3 is 2.58 bits per heavy atom. The second kappa shape index (κ2) is 5.68. The van der Waals surface area contributed by atoms with Crippen LogP contribution in [0.2, 0.25) is 4.34 Å². The molecule has 0 amide bonds. The van der Waals surface area contributed by atoms with Crippen molar-refractivity contribution in [3.8, 4) is 0 Å². The van der Waals surface area contributed by atoms with E-state index in [0.29, 0.717) is 16.6 Å². The molecule has 0 spiro atoms. The molecule has 0 aliphatic heterocycles. The van der Waals surface area contributed by atoms with Gasteiger partial charge in [0.15, 0.2) is 0 Å². The molecule has 1 N–H and O–H groups in total. The number of aromatic nitrogens is 1. The number of thiophene rings is 1. The predicted molar refractivity (Wildman–Crippen MR) is 73.6 cm³/mol. The first kappa shape index (κ1) is 14.6. The average Bonchev–Trinajstić information content (AvgIpc) is 2.66. The van der Waals surface area contributed by atoms with Crippen molar-refractivity contribution in [3.63, 3.8) is 0 Å². The van der Waals surface area contributed by atoms with Crippen LogP contribution < -0.4 is 5.32 Å². The number of hydrogen-bond acceptors (Lipinski definition) is 3. The molecule has 0 atom stereocenters. The zero-order valence-corrected chi connectivity index (χ0v) is 12.4. The highest BCUT2D eigenvalue weighted by Crippen LogP contribution is 2.32. The number of hydrogen-bond donors (Lipinski definition) is 1. The molecule has 0 saturated carbocycles. The summed E-state index contributed by atoms with van der Waals surface area (Å²) in [6, 6.07) is 4.15. The molecular formula is C11H7BrClF3N2S. The molecule has 2 heterocycles. The first-order valence-corrected chi connectivity index (χ1v) is 7.06. The van der Waals surface area contributed by atoms with Gasteiger partial charge in [0, 0.05) is 15.9 Å². The van der Waals surface area contributed by atoms with Crippen molar-refractivity contribution >= 4 is 44.6 Å². The smallest absolute Gasteiger partial charge is 0.379 e. The van der Waals surface area contributed by atoms with Crippen LogP contribution in [-0.2, 0) is 12.7 Å². The van der Waals surface area contributed by atoms with Gasteiger partial charge in [0.25, 0.3) is 0 Å². The molecule has 0 unspecified atom stereocenters. The normalized spacial score (nSPS) is 11.6. The lowest BCUT2D eigenvalue weighted by Gasteiger charge is -2.07. The zero-order chi connectivity index (χ0) is 14.0. The first-order valence-electron chi connectivity index (χ1n) is 5.07. The highest BCUT2D eigenvalue weighted by molar-refractivity contribution is 9.10. The molecular weight excluding hydrogens is 365 g/mol. The highest BCUT2D eigenvalue weighted by Gasteiger charge is 2.31. The number of nitrogens with zero attached hydrogens (tertiary/aromatic N) is 1. The molecule has 102 valence electrons. The lowest BCUT2D eigenvalue weighted by atomic mass is 10.3. The largest absolute Gasteiger partial charge is 0.433 e. The van der Waals surface area contributed by atoms with Gasteiger partial charge in [0.2, 0.25) is 0 Å². The van der Waals surface area contributed by atoms with Crippen LogP contribution in [0.25, 0.3) is 0 Å². The van der Waals surface area contributed by atoms with Gasteiger partial charge in [0.1, 0.15) is 10.0 Å². The van der Waals surface area contributed by atoms with Crippen LogP contribution in [0.15, 0.2) is 28.9 Å². The minimum Gasteiger partial charge on any atom is -0.379 e. The van der Waals surface area contributed by atoms with Crippen molar-refractivity contribution in [3.05, 3.63) is 43.8 Å². The SMILES string of the molecule is FC(F)(F)c1ccc(NCc2cc(Br)c(Cl)s2)cn1. The Morgan fingerprint density at radius 1 is 1.37 bits per heavy atom. The van der Waals surface area contributed by atoms with Crippen molar-refractivity contribution in [2.24, 2.45) is 0 Å². The number of anilines is 1. The zero-order valence-electron chi connectivity index (χ0n) is 9.26. The van der Waals surface area contributed by atoms with Gasteiger partial charge in [-0.1, -0.05) is 11.6 Å². The molecule has 2 aromatic rings. The molecule has 0 bridgehead atoms. The van der Waals surface area contributed by atoms with Crippen LogP contribution in [0.5, 0.6) is 0 Å². The van der Waals surface area contributed by atoms with Gasteiger partial charge in [-0.3, -0.25) is 0 Å². The van der Waals surface area contributed by atoms with Crippen molar-refractivity contribution < 1.29 is 13.2 Å². The average molecular weight is 372 g/mol. The van der Waals surface area contributed by atoms with E-state index in [9.17, 15) is 13.2 Å². The van der Waals surface area contributed by atoms with E-state index in [1.54, 1.807) is 0 Å². The van der Waals surface area contributed by atoms with Gasteiger partial charge in [-0.2, -0.15) is 13.2 Å². The summed E-state index contributed by atoms with van der Waals surface area (Å²) in [5, 5.41) is 2.98. The van der Waals surface area contributed by atoms with Crippen LogP contribution in [0.1, 0.15) is 10.6 Å². The summed E-state index contributed by atoms with van der Waals surface area (Å²) in [5.41, 5.74) is -0.381. The second-order valence-corrected chi connectivity index (χ2v) is 6.21. The summed E-state index contributed by atoms with van der Waals surface area (Å²) >= 11 is 10.6. The van der Waals surface area contributed by atoms with Crippen LogP contribution >= 0.6 is 38.9 Å². The van der Waals surface area contributed by atoms with Crippen molar-refractivity contribution in [1.82, 2.24) is 4.98 Å². The molecule has 0 aliphatic carbocycles. The van der Waals surface area contributed by atoms with Crippen LogP contribution in [0.4, 0.5) is 18.9 Å². The van der Waals surface area contributed by atoms with Gasteiger partial charge in [-0.25, -0.2) is 4.98 Å². The van der Waals surface area contributed by atoms with Crippen LogP contribution in [-0.4, -0.2) is 4.98 Å². The van der Waals surface area contributed by atoms with E-state index in [4.69, 9.17) is 11.6 Å². The number of alkyl halides is 3. The Hall–Kier alpha value is -0.790. The highest BCUT2D eigenvalue weighted by atomic mass is 79.9. The maximum atomic E-state index is 12.3. The third kappa shape index (κ3) is 3.84. The molecule has 8 heteroatoms. The van der Waals surface area contributed by atoms with E-state index in [0.717, 1.165) is 21.6 Å². The molecule has 0 aromatic carbocycles. The molecule has 0 saturated heterocycles. The summed E-state index contributed by atoms with van der Waals surface area (Å²) in [4.78, 5) is 4.33. The Bertz CT molecular complexity index is 549. The molecule has 19 heavy (non-hydrogen) atoms. The Kier molecular flexibility index (Phi) is 4.37. The van der Waals surface area contributed by atoms with E-state index >= 15 is 0 Å². The molecule has 0 aliphatic rings. The standard InChI is InChI=1S/C11H7BrClF3N2S/c12-8-3-7(19-10(8)13)5-17-6-1-2-9(18-4-6)11(14,15)16/h1-4,17H,5H2. The van der Waals surface area contributed by atoms with E-state index in [2.05, 4.69) is 26.2 Å². The van der Waals surface area contributed by atoms with Gasteiger partial charge < -0.3 is 5.32 Å². The van der Waals surface area contributed by atoms with Gasteiger partial charge in [-0.05, 0) is 34.1 Å². The Labute approximate surface area is 124 Å². The predicted octanol–water partition coefficient (Wildman–Crippen LogP) is 5.19. The van der Waals surface area contributed by atoms with Crippen molar-refractivity contribution in [2.45, 2.75) is 12.7 Å². The first-order chi connectivity index (χ1) is 8.86. The summed E-state index contributed by atoms with van der Waals surface area (Å²) in [6.07, 6.45) is -3.25. The summed E-state index contributed by atoms with van der Waals surface area (Å²) in [7, 11) is 0. The van der Waals surface area contributed by atoms with Crippen LogP contribution in [0.3, 0.4) is 0 Å². The van der Waals surface area contributed by atoms with E-state index in [-0.39, 0.29) is 0 Å². The molecule has 2 nitrogen and oxygen atoms in total. The fourth-order valence-corrected chi connectivity index (χ4v) is 3.06. The lowest BCUT2D eigenvalue weighted by Crippen LogP contribution is -2.08. The summed E-state index contributed by atoms with van der Waals surface area (Å²) in [5.74, 6) is 0. The second-order valence-electron chi connectivity index (χ2n) is 3.62. The quantitative estimate of drug-likeness (QED) is 0.803. The monoisotopic (exact) mass is 370 g/mol. The number of halogens is 5. The van der Waals surface area contributed by atoms with E-state index in [1.807, 2.05) is 6.07 Å². The minimum atomic E-state index is -4.41. The lowest BCUT2D eigenvalue weighted by molar-refractivity contribution is -0.141. The van der Waals surface area contributed by atoms with Crippen molar-refractivity contribution in [1.29, 1.82) is 0 Å². The van der Waals surface area contributed by atoms with Crippen molar-refractivity contribution in [2.75, 3.05) is 5.32 Å². The topological polar surface area (TPSA) is 24.9 Å². The van der Waals surface area contributed by atoms with Crippen LogP contribution in [0, 0.1) is 0 Å². The van der Waals surface area contributed by atoms with E-state index < -0.39 is 11.9 Å². The minimum absolute atomic E-state index is 0.475. The van der Waals surface area contributed by atoms with E-state index in [1.165, 1.54) is 17.4 Å². The third-order valence-electron chi connectivity index (χ3n) is 2.22. The number of rotatable bonds is 3.